The second-order valence-electron chi connectivity index (χ2n) is 5.15. The van der Waals surface area contributed by atoms with Crippen LogP contribution >= 0.6 is 34.5 Å². The zero-order valence-corrected chi connectivity index (χ0v) is 15.0. The molecular formula is C15H13Cl2N5OS. The van der Waals surface area contributed by atoms with E-state index in [-0.39, 0.29) is 12.5 Å². The second kappa shape index (κ2) is 7.29. The Kier molecular flexibility index (Phi) is 5.13. The Bertz CT molecular complexity index is 849. The van der Waals surface area contributed by atoms with Crippen molar-refractivity contribution in [3.8, 4) is 11.4 Å². The number of likely N-dealkylation sites (N-methyl/N-ethyl adjacent to an activating group) is 1. The summed E-state index contributed by atoms with van der Waals surface area (Å²) in [6, 6.07) is 7.20. The third-order valence-electron chi connectivity index (χ3n) is 3.34. The van der Waals surface area contributed by atoms with Gasteiger partial charge in [0, 0.05) is 24.5 Å². The highest BCUT2D eigenvalue weighted by Crippen LogP contribution is 2.23. The Balaban J connectivity index is 1.63. The minimum absolute atomic E-state index is 0.0228. The lowest BCUT2D eigenvalue weighted by Crippen LogP contribution is -2.30. The maximum atomic E-state index is 12.3. The summed E-state index contributed by atoms with van der Waals surface area (Å²) in [6.45, 7) is 0.441. The number of hydrogen-bond donors (Lipinski definition) is 0. The molecule has 0 unspecified atom stereocenters. The van der Waals surface area contributed by atoms with Crippen molar-refractivity contribution >= 4 is 40.4 Å². The van der Waals surface area contributed by atoms with Gasteiger partial charge in [-0.15, -0.1) is 10.2 Å². The van der Waals surface area contributed by atoms with Crippen molar-refractivity contribution in [1.82, 2.24) is 25.1 Å². The van der Waals surface area contributed by atoms with Crippen LogP contribution in [0.1, 0.15) is 5.56 Å². The molecule has 0 aliphatic heterocycles. The highest BCUT2D eigenvalue weighted by Gasteiger charge is 2.14. The van der Waals surface area contributed by atoms with Gasteiger partial charge >= 0.3 is 0 Å². The van der Waals surface area contributed by atoms with E-state index in [0.29, 0.717) is 22.4 Å². The fraction of sp³-hybridized carbons (Fsp3) is 0.200. The molecule has 0 N–H and O–H groups in total. The second-order valence-corrected chi connectivity index (χ2v) is 6.75. The van der Waals surface area contributed by atoms with Crippen LogP contribution in [0.3, 0.4) is 0 Å². The quantitative estimate of drug-likeness (QED) is 0.679. The van der Waals surface area contributed by atoms with Crippen LogP contribution in [-0.4, -0.2) is 38.1 Å². The van der Waals surface area contributed by atoms with Crippen molar-refractivity contribution in [1.29, 1.82) is 0 Å². The summed E-state index contributed by atoms with van der Waals surface area (Å²) in [5.41, 5.74) is 1.79. The molecule has 6 nitrogen and oxygen atoms in total. The predicted molar refractivity (Wildman–Crippen MR) is 94.1 cm³/mol. The number of hydrogen-bond acceptors (Lipinski definition) is 5. The molecule has 24 heavy (non-hydrogen) atoms. The third kappa shape index (κ3) is 3.92. The summed E-state index contributed by atoms with van der Waals surface area (Å²) in [5.74, 6) is 0.381. The molecule has 9 heteroatoms. The van der Waals surface area contributed by atoms with E-state index in [2.05, 4.69) is 15.4 Å². The van der Waals surface area contributed by atoms with Crippen LogP contribution in [0, 0.1) is 0 Å². The van der Waals surface area contributed by atoms with Gasteiger partial charge in [0.05, 0.1) is 10.0 Å². The van der Waals surface area contributed by atoms with E-state index in [9.17, 15) is 4.79 Å². The molecular weight excluding hydrogens is 369 g/mol. The molecule has 0 spiro atoms. The first-order valence-corrected chi connectivity index (χ1v) is 8.71. The average Bonchev–Trinajstić information content (AvgIpc) is 3.21. The molecule has 0 saturated heterocycles. The molecule has 0 aliphatic rings. The molecule has 124 valence electrons. The molecule has 2 heterocycles. The lowest BCUT2D eigenvalue weighted by atomic mass is 10.2. The third-order valence-corrected chi connectivity index (χ3v) is 4.76. The minimum atomic E-state index is -0.129. The maximum absolute atomic E-state index is 12.3. The van der Waals surface area contributed by atoms with Crippen molar-refractivity contribution in [3.63, 3.8) is 0 Å². The van der Waals surface area contributed by atoms with Gasteiger partial charge in [-0.3, -0.25) is 4.79 Å². The van der Waals surface area contributed by atoms with E-state index in [4.69, 9.17) is 23.2 Å². The summed E-state index contributed by atoms with van der Waals surface area (Å²) >= 11 is 13.4. The topological polar surface area (TPSA) is 63.9 Å². The van der Waals surface area contributed by atoms with Crippen LogP contribution in [0.2, 0.25) is 10.0 Å². The Hall–Kier alpha value is -1.96. The van der Waals surface area contributed by atoms with Gasteiger partial charge in [0.15, 0.2) is 0 Å². The van der Waals surface area contributed by atoms with Crippen molar-refractivity contribution in [2.45, 2.75) is 13.1 Å². The molecule has 3 aromatic rings. The molecule has 0 radical (unpaired) electrons. The molecule has 0 saturated carbocycles. The van der Waals surface area contributed by atoms with Crippen molar-refractivity contribution < 1.29 is 4.79 Å². The van der Waals surface area contributed by atoms with Crippen LogP contribution in [0.5, 0.6) is 0 Å². The van der Waals surface area contributed by atoms with E-state index in [0.717, 1.165) is 11.1 Å². The van der Waals surface area contributed by atoms with Crippen LogP contribution < -0.4 is 0 Å². The molecule has 0 fully saturated rings. The highest BCUT2D eigenvalue weighted by molar-refractivity contribution is 7.08. The molecule has 2 aromatic heterocycles. The zero-order valence-electron chi connectivity index (χ0n) is 12.7. The van der Waals surface area contributed by atoms with Crippen molar-refractivity contribution in [2.75, 3.05) is 7.05 Å². The summed E-state index contributed by atoms with van der Waals surface area (Å²) in [5, 5.41) is 16.9. The molecule has 0 bridgehead atoms. The fourth-order valence-corrected chi connectivity index (χ4v) is 3.01. The minimum Gasteiger partial charge on any atom is -0.340 e. The Morgan fingerprint density at radius 3 is 2.83 bits per heavy atom. The monoisotopic (exact) mass is 381 g/mol. The first-order valence-electron chi connectivity index (χ1n) is 7.01. The number of tetrazole rings is 1. The fourth-order valence-electron chi connectivity index (χ4n) is 2.06. The molecule has 0 aliphatic carbocycles. The van der Waals surface area contributed by atoms with Gasteiger partial charge in [0.2, 0.25) is 11.7 Å². The maximum Gasteiger partial charge on any atom is 0.246 e. The van der Waals surface area contributed by atoms with E-state index < -0.39 is 0 Å². The Labute approximate surface area is 152 Å². The molecule has 0 atom stereocenters. The lowest BCUT2D eigenvalue weighted by Gasteiger charge is -2.17. The van der Waals surface area contributed by atoms with Crippen LogP contribution in [0.15, 0.2) is 35.0 Å². The molecule has 1 amide bonds. The van der Waals surface area contributed by atoms with Crippen LogP contribution in [-0.2, 0) is 17.9 Å². The average molecular weight is 382 g/mol. The number of carbonyl (C=O) groups is 1. The zero-order chi connectivity index (χ0) is 17.1. The van der Waals surface area contributed by atoms with Gasteiger partial charge in [-0.05, 0) is 34.4 Å². The van der Waals surface area contributed by atoms with E-state index >= 15 is 0 Å². The lowest BCUT2D eigenvalue weighted by molar-refractivity contribution is -0.131. The van der Waals surface area contributed by atoms with Gasteiger partial charge in [-0.1, -0.05) is 29.3 Å². The summed E-state index contributed by atoms with van der Waals surface area (Å²) in [4.78, 5) is 15.2. The number of aromatic nitrogens is 4. The predicted octanol–water partition coefficient (Wildman–Crippen LogP) is 3.37. The number of thiophene rings is 1. The number of amides is 1. The van der Waals surface area contributed by atoms with Crippen molar-refractivity contribution in [2.24, 2.45) is 0 Å². The first-order chi connectivity index (χ1) is 11.5. The summed E-state index contributed by atoms with van der Waals surface area (Å²) < 4.78 is 0. The normalized spacial score (nSPS) is 10.8. The first kappa shape index (κ1) is 16.9. The number of halogens is 2. The molecule has 1 aromatic carbocycles. The van der Waals surface area contributed by atoms with E-state index in [1.54, 1.807) is 35.4 Å². The van der Waals surface area contributed by atoms with Gasteiger partial charge in [0.1, 0.15) is 6.54 Å². The van der Waals surface area contributed by atoms with E-state index in [1.807, 2.05) is 22.9 Å². The molecule has 3 rings (SSSR count). The van der Waals surface area contributed by atoms with Crippen LogP contribution in [0.25, 0.3) is 11.4 Å². The van der Waals surface area contributed by atoms with Crippen LogP contribution in [0.4, 0.5) is 0 Å². The Morgan fingerprint density at radius 2 is 2.12 bits per heavy atom. The number of rotatable bonds is 5. The van der Waals surface area contributed by atoms with E-state index in [1.165, 1.54) is 4.80 Å². The Morgan fingerprint density at radius 1 is 1.29 bits per heavy atom. The van der Waals surface area contributed by atoms with Gasteiger partial charge in [0.25, 0.3) is 0 Å². The number of carbonyl (C=O) groups excluding carboxylic acids is 1. The van der Waals surface area contributed by atoms with Gasteiger partial charge in [-0.2, -0.15) is 16.1 Å². The standard InChI is InChI=1S/C15H13Cl2N5OS/c1-21(7-10-2-3-12(16)13(17)6-10)14(23)8-22-19-15(18-20-22)11-4-5-24-9-11/h2-6,9H,7-8H2,1H3. The SMILES string of the molecule is CN(Cc1ccc(Cl)c(Cl)c1)C(=O)Cn1nnc(-c2ccsc2)n1. The van der Waals surface area contributed by atoms with Gasteiger partial charge < -0.3 is 4.90 Å². The van der Waals surface area contributed by atoms with Crippen molar-refractivity contribution in [3.05, 3.63) is 50.6 Å². The largest absolute Gasteiger partial charge is 0.340 e. The smallest absolute Gasteiger partial charge is 0.246 e. The number of benzene rings is 1. The summed E-state index contributed by atoms with van der Waals surface area (Å²) in [6.07, 6.45) is 0. The summed E-state index contributed by atoms with van der Waals surface area (Å²) in [7, 11) is 1.71. The van der Waals surface area contributed by atoms with Gasteiger partial charge in [-0.25, -0.2) is 0 Å². The number of nitrogens with zero attached hydrogens (tertiary/aromatic N) is 5. The highest BCUT2D eigenvalue weighted by atomic mass is 35.5.